The number of thiophene rings is 1. The van der Waals surface area contributed by atoms with Gasteiger partial charge in [0.1, 0.15) is 4.21 Å². The fourth-order valence-electron chi connectivity index (χ4n) is 2.96. The van der Waals surface area contributed by atoms with Gasteiger partial charge in [-0.15, -0.1) is 11.3 Å². The van der Waals surface area contributed by atoms with Crippen LogP contribution in [-0.2, 0) is 9.84 Å². The fourth-order valence-corrected chi connectivity index (χ4v) is 5.44. The van der Waals surface area contributed by atoms with Gasteiger partial charge < -0.3 is 10.4 Å². The molecule has 0 aliphatic heterocycles. The second-order valence-electron chi connectivity index (χ2n) is 5.96. The van der Waals surface area contributed by atoms with E-state index >= 15 is 0 Å². The third kappa shape index (κ3) is 5.06. The minimum absolute atomic E-state index is 0.210. The molecule has 1 aliphatic carbocycles. The van der Waals surface area contributed by atoms with Gasteiger partial charge in [0.05, 0.1) is 11.9 Å². The van der Waals surface area contributed by atoms with Crippen molar-refractivity contribution in [3.63, 3.8) is 0 Å². The molecule has 0 amide bonds. The van der Waals surface area contributed by atoms with Crippen molar-refractivity contribution in [3.05, 3.63) is 17.5 Å². The van der Waals surface area contributed by atoms with Crippen molar-refractivity contribution in [1.29, 1.82) is 0 Å². The third-order valence-corrected chi connectivity index (χ3v) is 7.53. The van der Waals surface area contributed by atoms with Gasteiger partial charge in [-0.1, -0.05) is 25.3 Å². The number of hydrogen-bond acceptors (Lipinski definition) is 5. The molecule has 1 heterocycles. The average molecular weight is 332 g/mol. The molecule has 1 aromatic heterocycles. The first-order valence-corrected chi connectivity index (χ1v) is 10.2. The Labute approximate surface area is 131 Å². The van der Waals surface area contributed by atoms with Crippen molar-refractivity contribution in [2.24, 2.45) is 5.92 Å². The molecule has 1 fully saturated rings. The number of nitrogens with one attached hydrogen (secondary N) is 1. The molecule has 120 valence electrons. The Morgan fingerprint density at radius 1 is 1.38 bits per heavy atom. The van der Waals surface area contributed by atoms with E-state index in [1.165, 1.54) is 43.4 Å². The van der Waals surface area contributed by atoms with E-state index < -0.39 is 15.9 Å². The molecule has 1 aliphatic rings. The lowest BCUT2D eigenvalue weighted by molar-refractivity contribution is 0.177. The Morgan fingerprint density at radius 2 is 2.10 bits per heavy atom. The van der Waals surface area contributed by atoms with Crippen LogP contribution in [0, 0.1) is 5.92 Å². The second kappa shape index (κ2) is 7.72. The lowest BCUT2D eigenvalue weighted by Crippen LogP contribution is -2.41. The molecule has 0 radical (unpaired) electrons. The highest BCUT2D eigenvalue weighted by molar-refractivity contribution is 7.93. The zero-order valence-corrected chi connectivity index (χ0v) is 14.1. The maximum Gasteiger partial charge on any atom is 0.190 e. The van der Waals surface area contributed by atoms with E-state index in [0.717, 1.165) is 0 Å². The van der Waals surface area contributed by atoms with Gasteiger partial charge in [0, 0.05) is 12.6 Å². The van der Waals surface area contributed by atoms with Gasteiger partial charge in [0.15, 0.2) is 9.84 Å². The van der Waals surface area contributed by atoms with Crippen LogP contribution in [0.5, 0.6) is 0 Å². The summed E-state index contributed by atoms with van der Waals surface area (Å²) in [4.78, 5) is 0. The summed E-state index contributed by atoms with van der Waals surface area (Å²) < 4.78 is 24.5. The molecule has 0 bridgehead atoms. The standard InChI is InChI=1S/C15H25NO3S2/c1-12(13-6-3-2-4-7-13)16-10-14(17)11-21(18,19)15-8-5-9-20-15/h5,8-9,12-14,16-17H,2-4,6-7,10-11H2,1H3. The molecular weight excluding hydrogens is 306 g/mol. The van der Waals surface area contributed by atoms with Gasteiger partial charge in [-0.3, -0.25) is 0 Å². The molecule has 4 nitrogen and oxygen atoms in total. The van der Waals surface area contributed by atoms with Crippen molar-refractivity contribution in [2.75, 3.05) is 12.3 Å². The van der Waals surface area contributed by atoms with E-state index in [1.807, 2.05) is 0 Å². The van der Waals surface area contributed by atoms with Crippen LogP contribution in [0.4, 0.5) is 0 Å². The maximum absolute atomic E-state index is 12.1. The number of aliphatic hydroxyl groups is 1. The third-order valence-electron chi connectivity index (χ3n) is 4.25. The van der Waals surface area contributed by atoms with Crippen LogP contribution in [0.3, 0.4) is 0 Å². The Kier molecular flexibility index (Phi) is 6.22. The minimum atomic E-state index is -3.36. The molecule has 21 heavy (non-hydrogen) atoms. The van der Waals surface area contributed by atoms with Crippen LogP contribution in [-0.4, -0.2) is 38.0 Å². The summed E-state index contributed by atoms with van der Waals surface area (Å²) in [7, 11) is -3.36. The van der Waals surface area contributed by atoms with Crippen LogP contribution in [0.15, 0.2) is 21.7 Å². The first-order valence-electron chi connectivity index (χ1n) is 7.67. The second-order valence-corrected chi connectivity index (χ2v) is 9.17. The van der Waals surface area contributed by atoms with Gasteiger partial charge in [0.2, 0.25) is 0 Å². The summed E-state index contributed by atoms with van der Waals surface area (Å²) in [5.41, 5.74) is 0. The topological polar surface area (TPSA) is 66.4 Å². The van der Waals surface area contributed by atoms with Gasteiger partial charge in [0.25, 0.3) is 0 Å². The van der Waals surface area contributed by atoms with Crippen LogP contribution in [0.2, 0.25) is 0 Å². The van der Waals surface area contributed by atoms with E-state index in [0.29, 0.717) is 22.7 Å². The predicted octanol–water partition coefficient (Wildman–Crippen LogP) is 2.44. The van der Waals surface area contributed by atoms with Crippen LogP contribution in [0.25, 0.3) is 0 Å². The molecule has 2 N–H and O–H groups in total. The smallest absolute Gasteiger partial charge is 0.190 e. The van der Waals surface area contributed by atoms with E-state index in [4.69, 9.17) is 0 Å². The summed E-state index contributed by atoms with van der Waals surface area (Å²) in [6.07, 6.45) is 5.50. The molecule has 2 unspecified atom stereocenters. The summed E-state index contributed by atoms with van der Waals surface area (Å²) in [5.74, 6) is 0.442. The normalized spacial score (nSPS) is 20.3. The highest BCUT2D eigenvalue weighted by atomic mass is 32.2. The molecule has 1 aromatic rings. The molecule has 2 atom stereocenters. The molecule has 2 rings (SSSR count). The van der Waals surface area contributed by atoms with Crippen molar-refractivity contribution in [1.82, 2.24) is 5.32 Å². The highest BCUT2D eigenvalue weighted by Gasteiger charge is 2.23. The van der Waals surface area contributed by atoms with Crippen LogP contribution in [0.1, 0.15) is 39.0 Å². The van der Waals surface area contributed by atoms with Gasteiger partial charge >= 0.3 is 0 Å². The van der Waals surface area contributed by atoms with Gasteiger partial charge in [-0.25, -0.2) is 8.42 Å². The molecule has 0 aromatic carbocycles. The van der Waals surface area contributed by atoms with Gasteiger partial charge in [-0.05, 0) is 37.1 Å². The summed E-state index contributed by atoms with van der Waals surface area (Å²) in [6.45, 7) is 2.47. The first kappa shape index (κ1) is 16.9. The van der Waals surface area contributed by atoms with E-state index in [1.54, 1.807) is 17.5 Å². The van der Waals surface area contributed by atoms with E-state index in [2.05, 4.69) is 12.2 Å². The van der Waals surface area contributed by atoms with Gasteiger partial charge in [-0.2, -0.15) is 0 Å². The SMILES string of the molecule is CC(NCC(O)CS(=O)(=O)c1cccs1)C1CCCCC1. The Hall–Kier alpha value is -0.430. The fraction of sp³-hybridized carbons (Fsp3) is 0.733. The molecule has 0 saturated heterocycles. The molecule has 6 heteroatoms. The maximum atomic E-state index is 12.1. The highest BCUT2D eigenvalue weighted by Crippen LogP contribution is 2.26. The zero-order chi connectivity index (χ0) is 15.3. The minimum Gasteiger partial charge on any atom is -0.391 e. The van der Waals surface area contributed by atoms with E-state index in [-0.39, 0.29) is 5.75 Å². The molecule has 0 spiro atoms. The monoisotopic (exact) mass is 331 g/mol. The van der Waals surface area contributed by atoms with E-state index in [9.17, 15) is 13.5 Å². The summed E-state index contributed by atoms with van der Waals surface area (Å²) in [5, 5.41) is 15.0. The number of aliphatic hydroxyl groups excluding tert-OH is 1. The van der Waals surface area contributed by atoms with Crippen molar-refractivity contribution < 1.29 is 13.5 Å². The Bertz CT molecular complexity index is 507. The number of hydrogen-bond donors (Lipinski definition) is 2. The van der Waals surface area contributed by atoms with Crippen LogP contribution < -0.4 is 5.32 Å². The quantitative estimate of drug-likeness (QED) is 0.805. The van der Waals surface area contributed by atoms with Crippen molar-refractivity contribution in [3.8, 4) is 0 Å². The number of sulfone groups is 1. The van der Waals surface area contributed by atoms with Crippen molar-refractivity contribution in [2.45, 2.75) is 55.4 Å². The Morgan fingerprint density at radius 3 is 2.71 bits per heavy atom. The molecular formula is C15H25NO3S2. The largest absolute Gasteiger partial charge is 0.391 e. The number of rotatable bonds is 7. The molecule has 1 saturated carbocycles. The first-order chi connectivity index (χ1) is 9.99. The Balaban J connectivity index is 1.78. The predicted molar refractivity (Wildman–Crippen MR) is 86.4 cm³/mol. The van der Waals surface area contributed by atoms with Crippen molar-refractivity contribution >= 4 is 21.2 Å². The summed E-state index contributed by atoms with van der Waals surface area (Å²) in [6, 6.07) is 3.64. The lowest BCUT2D eigenvalue weighted by atomic mass is 9.84. The summed E-state index contributed by atoms with van der Waals surface area (Å²) >= 11 is 1.20. The lowest BCUT2D eigenvalue weighted by Gasteiger charge is -2.29. The zero-order valence-electron chi connectivity index (χ0n) is 12.5. The van der Waals surface area contributed by atoms with Crippen LogP contribution >= 0.6 is 11.3 Å². The average Bonchev–Trinajstić information content (AvgIpc) is 3.00.